The molecule has 0 heterocycles. The van der Waals surface area contributed by atoms with Gasteiger partial charge in [-0.2, -0.15) is 9.98 Å². The Kier molecular flexibility index (Phi) is 9.50. The SMILES string of the molecule is O=C=NCC(CCCC(N=C=O)N=C=O)N=C=O. The lowest BCUT2D eigenvalue weighted by molar-refractivity contribution is 0.507. The molecular weight excluding hydrogens is 240 g/mol. The molecule has 0 saturated heterocycles. The Morgan fingerprint density at radius 3 is 1.89 bits per heavy atom. The average Bonchev–Trinajstić information content (AvgIpc) is 2.36. The predicted molar refractivity (Wildman–Crippen MR) is 58.8 cm³/mol. The number of hydrogen-bond acceptors (Lipinski definition) is 8. The highest BCUT2D eigenvalue weighted by molar-refractivity contribution is 5.37. The Morgan fingerprint density at radius 1 is 0.778 bits per heavy atom. The molecule has 8 nitrogen and oxygen atoms in total. The summed E-state index contributed by atoms with van der Waals surface area (Å²) in [5.74, 6) is 0. The van der Waals surface area contributed by atoms with Crippen LogP contribution in [0.15, 0.2) is 20.0 Å². The van der Waals surface area contributed by atoms with E-state index in [1.54, 1.807) is 0 Å². The second-order valence-electron chi connectivity index (χ2n) is 3.16. The quantitative estimate of drug-likeness (QED) is 0.428. The maximum atomic E-state index is 10.1. The summed E-state index contributed by atoms with van der Waals surface area (Å²) in [6.45, 7) is 0.0390. The fourth-order valence-corrected chi connectivity index (χ4v) is 1.23. The molecule has 1 unspecified atom stereocenters. The number of nitrogens with zero attached hydrogens (tertiary/aromatic N) is 4. The number of hydrogen-bond donors (Lipinski definition) is 0. The van der Waals surface area contributed by atoms with Crippen LogP contribution in [0.25, 0.3) is 0 Å². The molecule has 8 heteroatoms. The van der Waals surface area contributed by atoms with Crippen LogP contribution >= 0.6 is 0 Å². The van der Waals surface area contributed by atoms with Gasteiger partial charge in [0.15, 0.2) is 6.17 Å². The molecule has 0 aliphatic carbocycles. The van der Waals surface area contributed by atoms with Crippen molar-refractivity contribution < 1.29 is 19.2 Å². The first-order valence-electron chi connectivity index (χ1n) is 5.03. The Balaban J connectivity index is 4.25. The molecule has 0 spiro atoms. The zero-order chi connectivity index (χ0) is 13.6. The van der Waals surface area contributed by atoms with Gasteiger partial charge >= 0.3 is 0 Å². The molecule has 0 aliphatic heterocycles. The zero-order valence-corrected chi connectivity index (χ0v) is 9.40. The molecule has 0 aliphatic rings. The van der Waals surface area contributed by atoms with Gasteiger partial charge in [-0.25, -0.2) is 29.2 Å². The largest absolute Gasteiger partial charge is 0.237 e. The van der Waals surface area contributed by atoms with Crippen LogP contribution in [0.4, 0.5) is 0 Å². The van der Waals surface area contributed by atoms with Crippen molar-refractivity contribution in [3.05, 3.63) is 0 Å². The first kappa shape index (κ1) is 15.5. The van der Waals surface area contributed by atoms with Crippen LogP contribution in [0, 0.1) is 0 Å². The smallest absolute Gasteiger partial charge is 0.211 e. The van der Waals surface area contributed by atoms with Gasteiger partial charge in [0, 0.05) is 0 Å². The van der Waals surface area contributed by atoms with Gasteiger partial charge in [-0.3, -0.25) is 0 Å². The lowest BCUT2D eigenvalue weighted by Crippen LogP contribution is -2.10. The summed E-state index contributed by atoms with van der Waals surface area (Å²) < 4.78 is 0. The van der Waals surface area contributed by atoms with E-state index in [0.717, 1.165) is 0 Å². The van der Waals surface area contributed by atoms with Crippen molar-refractivity contribution >= 4 is 24.3 Å². The molecule has 0 radical (unpaired) electrons. The van der Waals surface area contributed by atoms with Crippen molar-refractivity contribution in [3.63, 3.8) is 0 Å². The van der Waals surface area contributed by atoms with Gasteiger partial charge in [-0.15, -0.1) is 0 Å². The normalized spacial score (nSPS) is 11.8. The molecule has 0 bridgehead atoms. The summed E-state index contributed by atoms with van der Waals surface area (Å²) in [7, 11) is 0. The molecule has 0 saturated carbocycles. The predicted octanol–water partition coefficient (Wildman–Crippen LogP) is 0.195. The lowest BCUT2D eigenvalue weighted by Gasteiger charge is -2.07. The van der Waals surface area contributed by atoms with Crippen molar-refractivity contribution in [1.29, 1.82) is 0 Å². The third-order valence-electron chi connectivity index (χ3n) is 2.00. The summed E-state index contributed by atoms with van der Waals surface area (Å²) in [5, 5.41) is 0. The molecule has 0 aromatic heterocycles. The maximum Gasteiger partial charge on any atom is 0.237 e. The van der Waals surface area contributed by atoms with Crippen LogP contribution in [-0.2, 0) is 19.2 Å². The van der Waals surface area contributed by atoms with Crippen LogP contribution < -0.4 is 0 Å². The first-order valence-corrected chi connectivity index (χ1v) is 5.03. The molecular formula is C10H10N4O4. The van der Waals surface area contributed by atoms with Crippen LogP contribution in [0.3, 0.4) is 0 Å². The summed E-state index contributed by atoms with van der Waals surface area (Å²) in [6.07, 6.45) is 5.69. The second kappa shape index (κ2) is 11.0. The van der Waals surface area contributed by atoms with Crippen molar-refractivity contribution in [2.45, 2.75) is 31.5 Å². The summed E-state index contributed by atoms with van der Waals surface area (Å²) in [4.78, 5) is 53.4. The zero-order valence-electron chi connectivity index (χ0n) is 9.40. The third kappa shape index (κ3) is 7.77. The van der Waals surface area contributed by atoms with Gasteiger partial charge in [-0.1, -0.05) is 0 Å². The standard InChI is InChI=1S/C10H10N4O4/c15-5-11-4-9(12-6-16)2-1-3-10(13-7-17)14-8-18/h9-10H,1-4H2. The molecule has 0 amide bonds. The van der Waals surface area contributed by atoms with Gasteiger partial charge in [0.1, 0.15) is 0 Å². The van der Waals surface area contributed by atoms with Crippen molar-refractivity contribution in [2.24, 2.45) is 20.0 Å². The highest BCUT2D eigenvalue weighted by Crippen LogP contribution is 2.09. The van der Waals surface area contributed by atoms with E-state index in [-0.39, 0.29) is 6.54 Å². The molecule has 0 aromatic rings. The van der Waals surface area contributed by atoms with Gasteiger partial charge in [-0.05, 0) is 19.3 Å². The Hall–Kier alpha value is -2.48. The summed E-state index contributed by atoms with van der Waals surface area (Å²) in [5.41, 5.74) is 0. The van der Waals surface area contributed by atoms with E-state index < -0.39 is 12.2 Å². The highest BCUT2D eigenvalue weighted by Gasteiger charge is 2.09. The average molecular weight is 250 g/mol. The number of carbonyl (C=O) groups excluding carboxylic acids is 4. The van der Waals surface area contributed by atoms with E-state index >= 15 is 0 Å². The molecule has 0 aromatic carbocycles. The maximum absolute atomic E-state index is 10.1. The molecule has 94 valence electrons. The molecule has 0 fully saturated rings. The fraction of sp³-hybridized carbons (Fsp3) is 0.600. The van der Waals surface area contributed by atoms with Crippen molar-refractivity contribution in [2.75, 3.05) is 6.54 Å². The van der Waals surface area contributed by atoms with Crippen molar-refractivity contribution in [1.82, 2.24) is 0 Å². The Labute approximate surface area is 102 Å². The van der Waals surface area contributed by atoms with E-state index in [2.05, 4.69) is 20.0 Å². The van der Waals surface area contributed by atoms with E-state index in [1.165, 1.54) is 24.3 Å². The molecule has 0 rings (SSSR count). The molecule has 18 heavy (non-hydrogen) atoms. The summed E-state index contributed by atoms with van der Waals surface area (Å²) in [6, 6.07) is -0.481. The minimum Gasteiger partial charge on any atom is -0.211 e. The van der Waals surface area contributed by atoms with Gasteiger partial charge in [0.25, 0.3) is 0 Å². The molecule has 1 atom stereocenters. The van der Waals surface area contributed by atoms with Gasteiger partial charge in [0.2, 0.25) is 24.3 Å². The third-order valence-corrected chi connectivity index (χ3v) is 2.00. The van der Waals surface area contributed by atoms with Gasteiger partial charge in [0.05, 0.1) is 12.6 Å². The Bertz CT molecular complexity index is 421. The van der Waals surface area contributed by atoms with Crippen LogP contribution in [0.5, 0.6) is 0 Å². The van der Waals surface area contributed by atoms with Gasteiger partial charge < -0.3 is 0 Å². The monoisotopic (exact) mass is 250 g/mol. The highest BCUT2D eigenvalue weighted by atomic mass is 16.1. The number of aliphatic imine (C=N–C) groups is 4. The minimum absolute atomic E-state index is 0.0390. The van der Waals surface area contributed by atoms with Crippen LogP contribution in [0.1, 0.15) is 19.3 Å². The van der Waals surface area contributed by atoms with E-state index in [9.17, 15) is 19.2 Å². The number of isocyanates is 4. The Morgan fingerprint density at radius 2 is 1.39 bits per heavy atom. The summed E-state index contributed by atoms with van der Waals surface area (Å²) >= 11 is 0. The van der Waals surface area contributed by atoms with E-state index in [4.69, 9.17) is 0 Å². The minimum atomic E-state index is -0.824. The number of rotatable bonds is 9. The van der Waals surface area contributed by atoms with E-state index in [1.807, 2.05) is 0 Å². The second-order valence-corrected chi connectivity index (χ2v) is 3.16. The first-order chi connectivity index (χ1) is 8.78. The van der Waals surface area contributed by atoms with Crippen LogP contribution in [0.2, 0.25) is 0 Å². The fourth-order valence-electron chi connectivity index (χ4n) is 1.23. The van der Waals surface area contributed by atoms with E-state index in [0.29, 0.717) is 19.3 Å². The molecule has 0 N–H and O–H groups in total. The van der Waals surface area contributed by atoms with Crippen molar-refractivity contribution in [3.8, 4) is 0 Å². The van der Waals surface area contributed by atoms with Crippen LogP contribution in [-0.4, -0.2) is 43.1 Å². The lowest BCUT2D eigenvalue weighted by atomic mass is 10.1. The topological polar surface area (TPSA) is 118 Å².